The first-order chi connectivity index (χ1) is 15.1. The minimum atomic E-state index is -0.185. The van der Waals surface area contributed by atoms with Gasteiger partial charge in [0.15, 0.2) is 0 Å². The van der Waals surface area contributed by atoms with Gasteiger partial charge in [0.05, 0.1) is 37.4 Å². The summed E-state index contributed by atoms with van der Waals surface area (Å²) in [5, 5.41) is 5.04. The van der Waals surface area contributed by atoms with Crippen LogP contribution in [0.4, 0.5) is 5.69 Å². The summed E-state index contributed by atoms with van der Waals surface area (Å²) < 4.78 is 13.3. The van der Waals surface area contributed by atoms with E-state index in [1.807, 2.05) is 30.3 Å². The highest BCUT2D eigenvalue weighted by atomic mass is 79.9. The molecule has 3 aromatic rings. The van der Waals surface area contributed by atoms with Gasteiger partial charge in [-0.3, -0.25) is 4.79 Å². The lowest BCUT2D eigenvalue weighted by molar-refractivity contribution is 0.122. The Bertz CT molecular complexity index is 1170. The molecule has 31 heavy (non-hydrogen) atoms. The van der Waals surface area contributed by atoms with Gasteiger partial charge in [0.25, 0.3) is 5.56 Å². The largest absolute Gasteiger partial charge is 0.496 e. The van der Waals surface area contributed by atoms with Gasteiger partial charge in [-0.2, -0.15) is 9.78 Å². The predicted molar refractivity (Wildman–Crippen MR) is 127 cm³/mol. The van der Waals surface area contributed by atoms with Crippen molar-refractivity contribution in [2.75, 3.05) is 38.3 Å². The molecule has 7 nitrogen and oxygen atoms in total. The number of aromatic nitrogens is 2. The maximum absolute atomic E-state index is 13.2. The van der Waals surface area contributed by atoms with Crippen molar-refractivity contribution in [2.45, 2.75) is 19.8 Å². The van der Waals surface area contributed by atoms with Crippen molar-refractivity contribution in [3.63, 3.8) is 0 Å². The lowest BCUT2D eigenvalue weighted by Gasteiger charge is -2.29. The molecule has 162 valence electrons. The number of aryl methyl sites for hydroxylation is 1. The first-order valence-electron chi connectivity index (χ1n) is 10.4. The van der Waals surface area contributed by atoms with Gasteiger partial charge in [0.1, 0.15) is 11.6 Å². The zero-order valence-corrected chi connectivity index (χ0v) is 19.3. The fourth-order valence-electron chi connectivity index (χ4n) is 3.64. The highest BCUT2D eigenvalue weighted by Gasteiger charge is 2.14. The number of anilines is 1. The zero-order chi connectivity index (χ0) is 21.8. The lowest BCUT2D eigenvalue weighted by Crippen LogP contribution is -2.36. The van der Waals surface area contributed by atoms with Crippen LogP contribution >= 0.6 is 15.9 Å². The van der Waals surface area contributed by atoms with Gasteiger partial charge in [-0.15, -0.1) is 0 Å². The number of nitrogens with zero attached hydrogens (tertiary/aromatic N) is 4. The van der Waals surface area contributed by atoms with E-state index in [0.717, 1.165) is 48.4 Å². The molecular weight excluding hydrogens is 460 g/mol. The van der Waals surface area contributed by atoms with Gasteiger partial charge in [0, 0.05) is 41.3 Å². The van der Waals surface area contributed by atoms with Crippen molar-refractivity contribution < 1.29 is 9.47 Å². The summed E-state index contributed by atoms with van der Waals surface area (Å²) in [6.45, 7) is 5.20. The third-order valence-electron chi connectivity index (χ3n) is 5.25. The number of morpholine rings is 1. The summed E-state index contributed by atoms with van der Waals surface area (Å²) >= 11 is 3.43. The molecule has 0 spiro atoms. The number of halogens is 1. The predicted octanol–water partition coefficient (Wildman–Crippen LogP) is 3.84. The molecule has 2 aromatic carbocycles. The Labute approximate surface area is 189 Å². The first kappa shape index (κ1) is 21.5. The van der Waals surface area contributed by atoms with E-state index in [0.29, 0.717) is 28.9 Å². The number of benzene rings is 2. The van der Waals surface area contributed by atoms with E-state index in [1.165, 1.54) is 4.68 Å². The summed E-state index contributed by atoms with van der Waals surface area (Å²) in [5.74, 6) is 1.34. The van der Waals surface area contributed by atoms with Gasteiger partial charge in [0.2, 0.25) is 0 Å². The van der Waals surface area contributed by atoms with Crippen LogP contribution in [0, 0.1) is 0 Å². The molecule has 1 aromatic heterocycles. The Kier molecular flexibility index (Phi) is 6.67. The molecule has 1 fully saturated rings. The zero-order valence-electron chi connectivity index (χ0n) is 17.7. The third kappa shape index (κ3) is 4.65. The highest BCUT2D eigenvalue weighted by Crippen LogP contribution is 2.25. The Balaban J connectivity index is 1.72. The summed E-state index contributed by atoms with van der Waals surface area (Å²) in [6, 6.07) is 11.5. The van der Waals surface area contributed by atoms with Gasteiger partial charge in [-0.05, 0) is 36.8 Å². The summed E-state index contributed by atoms with van der Waals surface area (Å²) in [7, 11) is 1.64. The molecule has 0 bridgehead atoms. The van der Waals surface area contributed by atoms with Crippen molar-refractivity contribution in [3.05, 3.63) is 62.6 Å². The Morgan fingerprint density at radius 1 is 1.23 bits per heavy atom. The number of hydrogen-bond donors (Lipinski definition) is 0. The second-order valence-corrected chi connectivity index (χ2v) is 8.24. The second-order valence-electron chi connectivity index (χ2n) is 7.33. The van der Waals surface area contributed by atoms with Crippen molar-refractivity contribution in [2.24, 2.45) is 5.10 Å². The molecule has 0 unspecified atom stereocenters. The van der Waals surface area contributed by atoms with Gasteiger partial charge in [-0.25, -0.2) is 4.98 Å². The molecule has 1 aliphatic heterocycles. The van der Waals surface area contributed by atoms with E-state index in [4.69, 9.17) is 9.47 Å². The molecule has 2 heterocycles. The molecule has 8 heteroatoms. The first-order valence-corrected chi connectivity index (χ1v) is 11.2. The van der Waals surface area contributed by atoms with Gasteiger partial charge >= 0.3 is 0 Å². The average molecular weight is 485 g/mol. The number of ether oxygens (including phenoxy) is 2. The fourth-order valence-corrected chi connectivity index (χ4v) is 4.01. The fraction of sp³-hybridized carbons (Fsp3) is 0.348. The molecule has 0 radical (unpaired) electrons. The summed E-state index contributed by atoms with van der Waals surface area (Å²) in [6.07, 6.45) is 3.18. The monoisotopic (exact) mass is 484 g/mol. The molecule has 0 N–H and O–H groups in total. The molecule has 0 amide bonds. The number of hydrogen-bond acceptors (Lipinski definition) is 6. The van der Waals surface area contributed by atoms with Crippen LogP contribution < -0.4 is 15.2 Å². The van der Waals surface area contributed by atoms with Gasteiger partial charge in [-0.1, -0.05) is 22.9 Å². The third-order valence-corrected chi connectivity index (χ3v) is 5.75. The normalized spacial score (nSPS) is 14.5. The standard InChI is InChI=1S/C23H25BrN4O3/c1-3-4-22-26-20-8-6-17(24)13-19(20)23(29)28(22)25-15-16-5-7-18(14-21(16)30-2)27-9-11-31-12-10-27/h5-8,13-15H,3-4,9-12H2,1-2H3. The molecule has 1 aliphatic rings. The number of rotatable bonds is 6. The van der Waals surface area contributed by atoms with Gasteiger partial charge < -0.3 is 14.4 Å². The molecular formula is C23H25BrN4O3. The van der Waals surface area contributed by atoms with Crippen molar-refractivity contribution >= 4 is 38.7 Å². The van der Waals surface area contributed by atoms with E-state index in [-0.39, 0.29) is 5.56 Å². The molecule has 1 saturated heterocycles. The summed E-state index contributed by atoms with van der Waals surface area (Å²) in [5.41, 5.74) is 2.37. The van der Waals surface area contributed by atoms with Crippen molar-refractivity contribution in [3.8, 4) is 5.75 Å². The lowest BCUT2D eigenvalue weighted by atomic mass is 10.1. The maximum Gasteiger partial charge on any atom is 0.282 e. The molecule has 0 saturated carbocycles. The van der Waals surface area contributed by atoms with Crippen LogP contribution in [0.15, 0.2) is 50.8 Å². The minimum absolute atomic E-state index is 0.185. The van der Waals surface area contributed by atoms with Crippen LogP contribution in [0.3, 0.4) is 0 Å². The van der Waals surface area contributed by atoms with E-state index >= 15 is 0 Å². The Hall–Kier alpha value is -2.71. The topological polar surface area (TPSA) is 69.0 Å². The number of fused-ring (bicyclic) bond motifs is 1. The van der Waals surface area contributed by atoms with Crippen LogP contribution in [0.2, 0.25) is 0 Å². The van der Waals surface area contributed by atoms with E-state index in [9.17, 15) is 4.79 Å². The molecule has 0 atom stereocenters. The van der Waals surface area contributed by atoms with Crippen LogP contribution in [-0.2, 0) is 11.2 Å². The Morgan fingerprint density at radius 2 is 2.03 bits per heavy atom. The average Bonchev–Trinajstić information content (AvgIpc) is 2.80. The van der Waals surface area contributed by atoms with E-state index < -0.39 is 0 Å². The van der Waals surface area contributed by atoms with Crippen LogP contribution in [0.1, 0.15) is 24.7 Å². The van der Waals surface area contributed by atoms with Crippen molar-refractivity contribution in [1.82, 2.24) is 9.66 Å². The van der Waals surface area contributed by atoms with Crippen LogP contribution in [0.5, 0.6) is 5.75 Å². The maximum atomic E-state index is 13.2. The minimum Gasteiger partial charge on any atom is -0.496 e. The Morgan fingerprint density at radius 3 is 2.77 bits per heavy atom. The number of methoxy groups -OCH3 is 1. The van der Waals surface area contributed by atoms with E-state index in [1.54, 1.807) is 19.4 Å². The smallest absolute Gasteiger partial charge is 0.282 e. The van der Waals surface area contributed by atoms with Crippen LogP contribution in [0.25, 0.3) is 10.9 Å². The van der Waals surface area contributed by atoms with E-state index in [2.05, 4.69) is 37.8 Å². The van der Waals surface area contributed by atoms with Crippen LogP contribution in [-0.4, -0.2) is 49.3 Å². The molecule has 0 aliphatic carbocycles. The second kappa shape index (κ2) is 9.62. The van der Waals surface area contributed by atoms with Crippen molar-refractivity contribution in [1.29, 1.82) is 0 Å². The SMILES string of the molecule is CCCc1nc2ccc(Br)cc2c(=O)n1N=Cc1ccc(N2CCOCC2)cc1OC. The quantitative estimate of drug-likeness (QED) is 0.497. The summed E-state index contributed by atoms with van der Waals surface area (Å²) in [4.78, 5) is 20.1. The highest BCUT2D eigenvalue weighted by molar-refractivity contribution is 9.10. The molecule has 4 rings (SSSR count).